The van der Waals surface area contributed by atoms with Crippen LogP contribution in [-0.4, -0.2) is 45.8 Å². The zero-order valence-electron chi connectivity index (χ0n) is 11.8. The molecule has 0 bridgehead atoms. The van der Waals surface area contributed by atoms with Crippen molar-refractivity contribution in [2.24, 2.45) is 0 Å². The van der Waals surface area contributed by atoms with Crippen LogP contribution in [0, 0.1) is 12.7 Å². The van der Waals surface area contributed by atoms with Gasteiger partial charge in [-0.15, -0.1) is 0 Å². The largest absolute Gasteiger partial charge is 0.337 e. The van der Waals surface area contributed by atoms with Crippen LogP contribution in [0.5, 0.6) is 0 Å². The minimum Gasteiger partial charge on any atom is -0.337 e. The van der Waals surface area contributed by atoms with E-state index in [2.05, 4.69) is 25.3 Å². The van der Waals surface area contributed by atoms with Crippen LogP contribution in [0.25, 0.3) is 16.6 Å². The average molecular weight is 286 g/mol. The first-order valence-corrected chi connectivity index (χ1v) is 6.90. The molecule has 108 valence electrons. The molecule has 2 aromatic heterocycles. The Morgan fingerprint density at radius 3 is 2.90 bits per heavy atom. The monoisotopic (exact) mass is 286 g/mol. The highest BCUT2D eigenvalue weighted by atomic mass is 19.1. The topological polar surface area (TPSA) is 58.3 Å². The van der Waals surface area contributed by atoms with Gasteiger partial charge in [0, 0.05) is 19.1 Å². The quantitative estimate of drug-likeness (QED) is 0.765. The smallest absolute Gasteiger partial charge is 0.229 e. The van der Waals surface area contributed by atoms with Crippen molar-refractivity contribution in [2.45, 2.75) is 13.0 Å². The molecule has 1 fully saturated rings. The summed E-state index contributed by atoms with van der Waals surface area (Å²) < 4.78 is 16.0. The lowest BCUT2D eigenvalue weighted by atomic mass is 10.1. The number of halogens is 1. The highest BCUT2D eigenvalue weighted by molar-refractivity contribution is 5.93. The summed E-state index contributed by atoms with van der Waals surface area (Å²) >= 11 is 0. The molecule has 1 aliphatic rings. The molecule has 0 saturated carbocycles. The molecule has 0 spiro atoms. The number of nitrogens with zero attached hydrogens (tertiary/aromatic N) is 5. The predicted molar refractivity (Wildman–Crippen MR) is 78.0 cm³/mol. The minimum atomic E-state index is -0.277. The van der Waals surface area contributed by atoms with Crippen LogP contribution in [-0.2, 0) is 0 Å². The lowest BCUT2D eigenvalue weighted by Gasteiger charge is -2.39. The Morgan fingerprint density at radius 1 is 1.33 bits per heavy atom. The van der Waals surface area contributed by atoms with Gasteiger partial charge in [0.25, 0.3) is 0 Å². The zero-order valence-corrected chi connectivity index (χ0v) is 11.8. The SMILES string of the molecule is CNC1CN(c2nc3ccc(C)c(F)c3c3ncnn23)C1. The van der Waals surface area contributed by atoms with Gasteiger partial charge in [-0.2, -0.15) is 9.61 Å². The minimum absolute atomic E-state index is 0.277. The van der Waals surface area contributed by atoms with E-state index in [1.165, 1.54) is 6.33 Å². The van der Waals surface area contributed by atoms with E-state index < -0.39 is 0 Å². The maximum atomic E-state index is 14.4. The van der Waals surface area contributed by atoms with Gasteiger partial charge in [0.05, 0.1) is 10.9 Å². The highest BCUT2D eigenvalue weighted by Gasteiger charge is 2.29. The van der Waals surface area contributed by atoms with Gasteiger partial charge in [0.2, 0.25) is 5.95 Å². The molecule has 0 unspecified atom stereocenters. The lowest BCUT2D eigenvalue weighted by molar-refractivity contribution is 0.440. The van der Waals surface area contributed by atoms with E-state index in [1.807, 2.05) is 13.1 Å². The van der Waals surface area contributed by atoms with Gasteiger partial charge in [0.15, 0.2) is 5.65 Å². The van der Waals surface area contributed by atoms with Crippen LogP contribution < -0.4 is 10.2 Å². The van der Waals surface area contributed by atoms with E-state index >= 15 is 0 Å². The number of benzene rings is 1. The Bertz CT molecular complexity index is 836. The third-order valence-corrected chi connectivity index (χ3v) is 4.07. The first-order valence-electron chi connectivity index (χ1n) is 6.90. The van der Waals surface area contributed by atoms with Gasteiger partial charge < -0.3 is 10.2 Å². The summed E-state index contributed by atoms with van der Waals surface area (Å²) in [4.78, 5) is 10.9. The normalized spacial score (nSPS) is 15.9. The van der Waals surface area contributed by atoms with Gasteiger partial charge in [0.1, 0.15) is 12.1 Å². The number of aromatic nitrogens is 4. The Kier molecular flexibility index (Phi) is 2.58. The number of nitrogens with one attached hydrogen (secondary N) is 1. The molecule has 7 heteroatoms. The number of anilines is 1. The van der Waals surface area contributed by atoms with Crippen molar-refractivity contribution in [1.29, 1.82) is 0 Å². The Balaban J connectivity index is 1.96. The molecule has 0 atom stereocenters. The third kappa shape index (κ3) is 1.70. The molecule has 4 rings (SSSR count). The summed E-state index contributed by atoms with van der Waals surface area (Å²) in [6.45, 7) is 3.46. The zero-order chi connectivity index (χ0) is 14.6. The first-order chi connectivity index (χ1) is 10.2. The van der Waals surface area contributed by atoms with Crippen LogP contribution in [0.1, 0.15) is 5.56 Å². The van der Waals surface area contributed by atoms with Gasteiger partial charge in [-0.05, 0) is 25.6 Å². The van der Waals surface area contributed by atoms with Crippen LogP contribution in [0.4, 0.5) is 10.3 Å². The van der Waals surface area contributed by atoms with E-state index in [9.17, 15) is 4.39 Å². The van der Waals surface area contributed by atoms with Crippen molar-refractivity contribution < 1.29 is 4.39 Å². The second-order valence-electron chi connectivity index (χ2n) is 5.39. The number of rotatable bonds is 2. The van der Waals surface area contributed by atoms with Crippen molar-refractivity contribution in [3.8, 4) is 0 Å². The van der Waals surface area contributed by atoms with E-state index in [4.69, 9.17) is 0 Å². The molecule has 0 amide bonds. The van der Waals surface area contributed by atoms with Crippen molar-refractivity contribution in [3.05, 3.63) is 29.8 Å². The molecule has 6 nitrogen and oxygen atoms in total. The highest BCUT2D eigenvalue weighted by Crippen LogP contribution is 2.27. The summed E-state index contributed by atoms with van der Waals surface area (Å²) in [7, 11) is 1.94. The van der Waals surface area contributed by atoms with E-state index in [1.54, 1.807) is 17.5 Å². The molecule has 1 aliphatic heterocycles. The first kappa shape index (κ1) is 12.5. The summed E-state index contributed by atoms with van der Waals surface area (Å²) in [6, 6.07) is 4.03. The fraction of sp³-hybridized carbons (Fsp3) is 0.357. The van der Waals surface area contributed by atoms with E-state index in [0.717, 1.165) is 13.1 Å². The van der Waals surface area contributed by atoms with Crippen LogP contribution >= 0.6 is 0 Å². The number of likely N-dealkylation sites (N-methyl/N-ethyl adjacent to an activating group) is 1. The number of fused-ring (bicyclic) bond motifs is 3. The second kappa shape index (κ2) is 4.36. The van der Waals surface area contributed by atoms with Gasteiger partial charge >= 0.3 is 0 Å². The molecule has 0 radical (unpaired) electrons. The molecule has 3 heterocycles. The van der Waals surface area contributed by atoms with Crippen molar-refractivity contribution in [2.75, 3.05) is 25.0 Å². The average Bonchev–Trinajstić information content (AvgIpc) is 2.91. The van der Waals surface area contributed by atoms with Crippen molar-refractivity contribution >= 4 is 22.5 Å². The molecular formula is C14H15FN6. The molecule has 1 aromatic carbocycles. The molecule has 1 N–H and O–H groups in total. The standard InChI is InChI=1S/C14H15FN6/c1-8-3-4-10-11(12(8)15)13-17-7-18-21(13)14(19-10)20-5-9(6-20)16-2/h3-4,7,9,16H,5-6H2,1-2H3. The molecule has 21 heavy (non-hydrogen) atoms. The number of aryl methyl sites for hydroxylation is 1. The maximum absolute atomic E-state index is 14.4. The van der Waals surface area contributed by atoms with Crippen LogP contribution in [0.15, 0.2) is 18.5 Å². The Morgan fingerprint density at radius 2 is 2.14 bits per heavy atom. The van der Waals surface area contributed by atoms with Crippen molar-refractivity contribution in [1.82, 2.24) is 24.9 Å². The molecule has 1 saturated heterocycles. The van der Waals surface area contributed by atoms with Crippen molar-refractivity contribution in [3.63, 3.8) is 0 Å². The maximum Gasteiger partial charge on any atom is 0.229 e. The van der Waals surface area contributed by atoms with Gasteiger partial charge in [-0.25, -0.2) is 14.4 Å². The fourth-order valence-electron chi connectivity index (χ4n) is 2.72. The lowest BCUT2D eigenvalue weighted by Crippen LogP contribution is -2.58. The summed E-state index contributed by atoms with van der Waals surface area (Å²) in [6.07, 6.45) is 1.44. The number of hydrogen-bond donors (Lipinski definition) is 1. The van der Waals surface area contributed by atoms with Crippen LogP contribution in [0.3, 0.4) is 0 Å². The predicted octanol–water partition coefficient (Wildman–Crippen LogP) is 1.13. The molecule has 0 aliphatic carbocycles. The summed E-state index contributed by atoms with van der Waals surface area (Å²) in [5, 5.41) is 7.86. The second-order valence-corrected chi connectivity index (χ2v) is 5.39. The fourth-order valence-corrected chi connectivity index (χ4v) is 2.72. The van der Waals surface area contributed by atoms with Gasteiger partial charge in [-0.1, -0.05) is 6.07 Å². The summed E-state index contributed by atoms with van der Waals surface area (Å²) in [5.74, 6) is 0.436. The van der Waals surface area contributed by atoms with Crippen LogP contribution in [0.2, 0.25) is 0 Å². The summed E-state index contributed by atoms with van der Waals surface area (Å²) in [5.41, 5.74) is 1.71. The Labute approximate surface area is 120 Å². The van der Waals surface area contributed by atoms with E-state index in [-0.39, 0.29) is 5.82 Å². The molecule has 3 aromatic rings. The number of hydrogen-bond acceptors (Lipinski definition) is 5. The molecular weight excluding hydrogens is 271 g/mol. The third-order valence-electron chi connectivity index (χ3n) is 4.07. The van der Waals surface area contributed by atoms with Gasteiger partial charge in [-0.3, -0.25) is 0 Å². The Hall–Kier alpha value is -2.28. The van der Waals surface area contributed by atoms with E-state index in [0.29, 0.717) is 34.1 Å².